The second-order valence-electron chi connectivity index (χ2n) is 5.60. The van der Waals surface area contributed by atoms with Crippen molar-refractivity contribution in [2.24, 2.45) is 0 Å². The van der Waals surface area contributed by atoms with E-state index in [1.54, 1.807) is 35.9 Å². The fraction of sp³-hybridized carbons (Fsp3) is 0.158. The molecule has 0 fully saturated rings. The van der Waals surface area contributed by atoms with Crippen molar-refractivity contribution in [1.82, 2.24) is 9.88 Å². The molecule has 3 nitrogen and oxygen atoms in total. The molecule has 0 aliphatic carbocycles. The highest BCUT2D eigenvalue weighted by Crippen LogP contribution is 2.38. The van der Waals surface area contributed by atoms with Crippen LogP contribution in [0.5, 0.6) is 0 Å². The van der Waals surface area contributed by atoms with Gasteiger partial charge in [0.25, 0.3) is 5.91 Å². The standard InChI is InChI=1S/C19H16N2OS/c22-19(15-6-10-20-11-7-15)21-12-8-17-16(9-13-23-17)18(21)14-4-2-1-3-5-14/h1-7,9-11,13,18H,8,12H2/t18-/m1/s1. The highest BCUT2D eigenvalue weighted by atomic mass is 32.1. The summed E-state index contributed by atoms with van der Waals surface area (Å²) in [6.07, 6.45) is 4.27. The van der Waals surface area contributed by atoms with E-state index in [0.29, 0.717) is 5.56 Å². The van der Waals surface area contributed by atoms with E-state index in [4.69, 9.17) is 0 Å². The molecule has 4 heteroatoms. The van der Waals surface area contributed by atoms with Crippen LogP contribution in [-0.2, 0) is 6.42 Å². The zero-order valence-corrected chi connectivity index (χ0v) is 13.4. The molecule has 1 aliphatic heterocycles. The summed E-state index contributed by atoms with van der Waals surface area (Å²) in [4.78, 5) is 20.4. The number of hydrogen-bond acceptors (Lipinski definition) is 3. The number of thiophene rings is 1. The van der Waals surface area contributed by atoms with E-state index in [0.717, 1.165) is 18.5 Å². The number of fused-ring (bicyclic) bond motifs is 1. The van der Waals surface area contributed by atoms with Gasteiger partial charge in [0.2, 0.25) is 0 Å². The van der Waals surface area contributed by atoms with E-state index >= 15 is 0 Å². The van der Waals surface area contributed by atoms with E-state index < -0.39 is 0 Å². The third-order valence-corrected chi connectivity index (χ3v) is 5.27. The topological polar surface area (TPSA) is 33.2 Å². The van der Waals surface area contributed by atoms with Gasteiger partial charge in [-0.3, -0.25) is 9.78 Å². The number of hydrogen-bond donors (Lipinski definition) is 0. The summed E-state index contributed by atoms with van der Waals surface area (Å²) in [6, 6.07) is 16.0. The molecule has 3 aromatic rings. The van der Waals surface area contributed by atoms with E-state index in [1.165, 1.54) is 10.4 Å². The van der Waals surface area contributed by atoms with E-state index in [9.17, 15) is 4.79 Å². The van der Waals surface area contributed by atoms with Crippen molar-refractivity contribution in [2.75, 3.05) is 6.54 Å². The Hall–Kier alpha value is -2.46. The van der Waals surface area contributed by atoms with Gasteiger partial charge in [0.1, 0.15) is 0 Å². The van der Waals surface area contributed by atoms with Crippen LogP contribution in [0.1, 0.15) is 32.4 Å². The van der Waals surface area contributed by atoms with Crippen LogP contribution in [0, 0.1) is 0 Å². The van der Waals surface area contributed by atoms with Crippen LogP contribution in [-0.4, -0.2) is 22.3 Å². The van der Waals surface area contributed by atoms with Gasteiger partial charge in [-0.1, -0.05) is 30.3 Å². The van der Waals surface area contributed by atoms with Gasteiger partial charge in [0.05, 0.1) is 6.04 Å². The van der Waals surface area contributed by atoms with Crippen LogP contribution in [0.4, 0.5) is 0 Å². The van der Waals surface area contributed by atoms with Crippen molar-refractivity contribution >= 4 is 17.2 Å². The number of rotatable bonds is 2. The second kappa shape index (κ2) is 5.97. The van der Waals surface area contributed by atoms with E-state index in [-0.39, 0.29) is 11.9 Å². The third-order valence-electron chi connectivity index (χ3n) is 4.27. The van der Waals surface area contributed by atoms with Crippen LogP contribution in [0.3, 0.4) is 0 Å². The molecule has 0 saturated heterocycles. The van der Waals surface area contributed by atoms with Crippen molar-refractivity contribution in [2.45, 2.75) is 12.5 Å². The van der Waals surface area contributed by atoms with Gasteiger partial charge in [0, 0.05) is 29.4 Å². The fourth-order valence-electron chi connectivity index (χ4n) is 3.19. The van der Waals surface area contributed by atoms with Crippen molar-refractivity contribution in [1.29, 1.82) is 0 Å². The second-order valence-corrected chi connectivity index (χ2v) is 6.60. The zero-order chi connectivity index (χ0) is 15.6. The SMILES string of the molecule is O=C(c1ccncc1)N1CCc2sccc2[C@H]1c1ccccc1. The number of carbonyl (C=O) groups is 1. The molecule has 0 unspecified atom stereocenters. The average Bonchev–Trinajstić information content (AvgIpc) is 3.10. The summed E-state index contributed by atoms with van der Waals surface area (Å²) < 4.78 is 0. The van der Waals surface area contributed by atoms with Gasteiger partial charge < -0.3 is 4.90 Å². The molecular weight excluding hydrogens is 304 g/mol. The van der Waals surface area contributed by atoms with Crippen molar-refractivity contribution in [3.8, 4) is 0 Å². The minimum atomic E-state index is -0.00753. The molecule has 0 bridgehead atoms. The first-order chi connectivity index (χ1) is 11.3. The highest BCUT2D eigenvalue weighted by molar-refractivity contribution is 7.10. The Kier molecular flexibility index (Phi) is 3.67. The minimum absolute atomic E-state index is 0.00753. The number of amides is 1. The smallest absolute Gasteiger partial charge is 0.254 e. The average molecular weight is 320 g/mol. The van der Waals surface area contributed by atoms with Gasteiger partial charge in [-0.05, 0) is 41.1 Å². The molecule has 0 radical (unpaired) electrons. The molecule has 1 aliphatic rings. The molecule has 4 rings (SSSR count). The van der Waals surface area contributed by atoms with Crippen LogP contribution >= 0.6 is 11.3 Å². The lowest BCUT2D eigenvalue weighted by Crippen LogP contribution is -2.40. The molecule has 1 amide bonds. The summed E-state index contributed by atoms with van der Waals surface area (Å²) in [7, 11) is 0. The van der Waals surface area contributed by atoms with Crippen LogP contribution in [0.25, 0.3) is 0 Å². The molecule has 1 atom stereocenters. The molecule has 114 valence electrons. The molecule has 1 aromatic carbocycles. The highest BCUT2D eigenvalue weighted by Gasteiger charge is 2.33. The van der Waals surface area contributed by atoms with Crippen LogP contribution < -0.4 is 0 Å². The Balaban J connectivity index is 1.78. The zero-order valence-electron chi connectivity index (χ0n) is 12.6. The molecule has 2 aromatic heterocycles. The first-order valence-corrected chi connectivity index (χ1v) is 8.55. The van der Waals surface area contributed by atoms with Gasteiger partial charge in [-0.25, -0.2) is 0 Å². The quantitative estimate of drug-likeness (QED) is 0.717. The molecule has 23 heavy (non-hydrogen) atoms. The lowest BCUT2D eigenvalue weighted by molar-refractivity contribution is 0.0696. The monoisotopic (exact) mass is 320 g/mol. The van der Waals surface area contributed by atoms with Crippen molar-refractivity contribution in [3.63, 3.8) is 0 Å². The first kappa shape index (κ1) is 14.2. The van der Waals surface area contributed by atoms with Crippen molar-refractivity contribution in [3.05, 3.63) is 87.9 Å². The number of pyridine rings is 1. The van der Waals surface area contributed by atoms with Crippen LogP contribution in [0.15, 0.2) is 66.3 Å². The van der Waals surface area contributed by atoms with Gasteiger partial charge in [-0.2, -0.15) is 0 Å². The number of benzene rings is 1. The Morgan fingerprint density at radius 2 is 1.87 bits per heavy atom. The summed E-state index contributed by atoms with van der Waals surface area (Å²) in [5.41, 5.74) is 3.11. The lowest BCUT2D eigenvalue weighted by atomic mass is 9.92. The Morgan fingerprint density at radius 1 is 1.09 bits per heavy atom. The van der Waals surface area contributed by atoms with Crippen LogP contribution in [0.2, 0.25) is 0 Å². The Labute approximate surface area is 139 Å². The molecule has 0 spiro atoms. The first-order valence-electron chi connectivity index (χ1n) is 7.67. The van der Waals surface area contributed by atoms with Gasteiger partial charge in [-0.15, -0.1) is 11.3 Å². The number of aromatic nitrogens is 1. The maximum Gasteiger partial charge on any atom is 0.254 e. The summed E-state index contributed by atoms with van der Waals surface area (Å²) in [5.74, 6) is 0.0677. The Morgan fingerprint density at radius 3 is 2.65 bits per heavy atom. The van der Waals surface area contributed by atoms with Crippen molar-refractivity contribution < 1.29 is 4.79 Å². The predicted molar refractivity (Wildman–Crippen MR) is 91.6 cm³/mol. The third kappa shape index (κ3) is 2.55. The molecule has 0 saturated carbocycles. The molecular formula is C19H16N2OS. The summed E-state index contributed by atoms with van der Waals surface area (Å²) in [5, 5.41) is 2.13. The predicted octanol–water partition coefficient (Wildman–Crippen LogP) is 3.93. The summed E-state index contributed by atoms with van der Waals surface area (Å²) >= 11 is 1.79. The largest absolute Gasteiger partial charge is 0.327 e. The summed E-state index contributed by atoms with van der Waals surface area (Å²) in [6.45, 7) is 0.744. The van der Waals surface area contributed by atoms with Gasteiger partial charge in [0.15, 0.2) is 0 Å². The van der Waals surface area contributed by atoms with Gasteiger partial charge >= 0.3 is 0 Å². The molecule has 3 heterocycles. The maximum atomic E-state index is 13.0. The lowest BCUT2D eigenvalue weighted by Gasteiger charge is -2.36. The number of carbonyl (C=O) groups excluding carboxylic acids is 1. The molecule has 0 N–H and O–H groups in total. The maximum absolute atomic E-state index is 13.0. The van der Waals surface area contributed by atoms with E-state index in [1.807, 2.05) is 23.1 Å². The van der Waals surface area contributed by atoms with E-state index in [2.05, 4.69) is 28.6 Å². The minimum Gasteiger partial charge on any atom is -0.327 e. The Bertz CT molecular complexity index is 814. The number of nitrogens with zero attached hydrogens (tertiary/aromatic N) is 2. The fourth-order valence-corrected chi connectivity index (χ4v) is 4.09. The normalized spacial score (nSPS) is 16.9.